The summed E-state index contributed by atoms with van der Waals surface area (Å²) in [4.78, 5) is 11.2. The van der Waals surface area contributed by atoms with Crippen molar-refractivity contribution in [2.75, 3.05) is 0 Å². The third-order valence-corrected chi connectivity index (χ3v) is 2.91. The number of carbonyl (C=O) groups is 1. The van der Waals surface area contributed by atoms with Gasteiger partial charge in [0.05, 0.1) is 11.3 Å². The van der Waals surface area contributed by atoms with E-state index in [2.05, 4.69) is 5.10 Å². The fourth-order valence-electron chi connectivity index (χ4n) is 1.78. The normalized spacial score (nSPS) is 11.3. The smallest absolute Gasteiger partial charge is 0.336 e. The Bertz CT molecular complexity index is 636. The average Bonchev–Trinajstić information content (AvgIpc) is 2.42. The van der Waals surface area contributed by atoms with Crippen molar-refractivity contribution in [3.8, 4) is 0 Å². The van der Waals surface area contributed by atoms with E-state index < -0.39 is 5.97 Å². The molecule has 19 heavy (non-hydrogen) atoms. The summed E-state index contributed by atoms with van der Waals surface area (Å²) in [5.41, 5.74) is 1.75. The Morgan fingerprint density at radius 2 is 1.63 bits per heavy atom. The van der Waals surface area contributed by atoms with Crippen LogP contribution < -0.4 is 5.84 Å². The van der Waals surface area contributed by atoms with E-state index >= 15 is 0 Å². The van der Waals surface area contributed by atoms with Gasteiger partial charge in [-0.3, -0.25) is 0 Å². The van der Waals surface area contributed by atoms with Crippen molar-refractivity contribution in [2.45, 2.75) is 0 Å². The van der Waals surface area contributed by atoms with E-state index in [4.69, 9.17) is 17.4 Å². The molecule has 0 fully saturated rings. The van der Waals surface area contributed by atoms with Crippen molar-refractivity contribution in [2.24, 2.45) is 10.9 Å². The van der Waals surface area contributed by atoms with Crippen LogP contribution in [0, 0.1) is 0 Å². The number of nitrogens with zero attached hydrogens (tertiary/aromatic N) is 1. The fraction of sp³-hybridized carbons (Fsp3) is 0. The van der Waals surface area contributed by atoms with Crippen LogP contribution in [0.15, 0.2) is 53.6 Å². The third-order valence-electron chi connectivity index (χ3n) is 2.66. The Labute approximate surface area is 115 Å². The first-order valence-electron chi connectivity index (χ1n) is 5.50. The number of carboxylic acid groups (broad SMARTS) is 1. The lowest BCUT2D eigenvalue weighted by Crippen LogP contribution is -2.12. The summed E-state index contributed by atoms with van der Waals surface area (Å²) in [6.45, 7) is 0. The number of aromatic carboxylic acids is 1. The number of hydrogen-bond acceptors (Lipinski definition) is 3. The monoisotopic (exact) mass is 274 g/mol. The van der Waals surface area contributed by atoms with Crippen LogP contribution in [0.3, 0.4) is 0 Å². The number of nitrogens with two attached hydrogens (primary N) is 1. The summed E-state index contributed by atoms with van der Waals surface area (Å²) < 4.78 is 0. The molecular weight excluding hydrogens is 264 g/mol. The second-order valence-electron chi connectivity index (χ2n) is 3.84. The Balaban J connectivity index is 2.55. The van der Waals surface area contributed by atoms with Crippen LogP contribution in [0.25, 0.3) is 0 Å². The molecular formula is C14H11ClN2O2. The largest absolute Gasteiger partial charge is 0.478 e. The summed E-state index contributed by atoms with van der Waals surface area (Å²) in [5, 5.41) is 13.5. The lowest BCUT2D eigenvalue weighted by molar-refractivity contribution is 0.0696. The van der Waals surface area contributed by atoms with Gasteiger partial charge in [-0.1, -0.05) is 41.9 Å². The van der Waals surface area contributed by atoms with Gasteiger partial charge < -0.3 is 10.9 Å². The Morgan fingerprint density at radius 1 is 1.05 bits per heavy atom. The number of rotatable bonds is 3. The van der Waals surface area contributed by atoms with E-state index in [9.17, 15) is 9.90 Å². The highest BCUT2D eigenvalue weighted by Gasteiger charge is 2.15. The summed E-state index contributed by atoms with van der Waals surface area (Å²) in [7, 11) is 0. The molecule has 2 aromatic rings. The van der Waals surface area contributed by atoms with Crippen LogP contribution in [0.1, 0.15) is 21.5 Å². The first-order chi connectivity index (χ1) is 9.13. The molecule has 0 spiro atoms. The van der Waals surface area contributed by atoms with Gasteiger partial charge >= 0.3 is 5.97 Å². The van der Waals surface area contributed by atoms with Crippen LogP contribution in [0.4, 0.5) is 0 Å². The van der Waals surface area contributed by atoms with Crippen LogP contribution in [0.2, 0.25) is 5.02 Å². The van der Waals surface area contributed by atoms with Crippen LogP contribution in [0.5, 0.6) is 0 Å². The van der Waals surface area contributed by atoms with Gasteiger partial charge in [0.1, 0.15) is 0 Å². The van der Waals surface area contributed by atoms with Crippen molar-refractivity contribution < 1.29 is 9.90 Å². The number of hydrogen-bond donors (Lipinski definition) is 2. The van der Waals surface area contributed by atoms with Gasteiger partial charge in [0.25, 0.3) is 0 Å². The molecule has 0 aliphatic heterocycles. The summed E-state index contributed by atoms with van der Waals surface area (Å²) in [6.07, 6.45) is 0. The van der Waals surface area contributed by atoms with Gasteiger partial charge in [-0.15, -0.1) is 0 Å². The van der Waals surface area contributed by atoms with Crippen LogP contribution >= 0.6 is 11.6 Å². The van der Waals surface area contributed by atoms with Gasteiger partial charge in [-0.25, -0.2) is 4.79 Å². The highest BCUT2D eigenvalue weighted by molar-refractivity contribution is 6.30. The molecule has 4 nitrogen and oxygen atoms in total. The Hall–Kier alpha value is -2.33. The maximum Gasteiger partial charge on any atom is 0.336 e. The van der Waals surface area contributed by atoms with E-state index in [1.54, 1.807) is 42.5 Å². The fourth-order valence-corrected chi connectivity index (χ4v) is 1.91. The molecule has 3 N–H and O–H groups in total. The van der Waals surface area contributed by atoms with Crippen LogP contribution in [-0.4, -0.2) is 16.8 Å². The molecule has 2 rings (SSSR count). The second kappa shape index (κ2) is 5.54. The lowest BCUT2D eigenvalue weighted by Gasteiger charge is -2.09. The molecule has 5 heteroatoms. The quantitative estimate of drug-likeness (QED) is 0.513. The molecule has 0 saturated heterocycles. The van der Waals surface area contributed by atoms with Gasteiger partial charge in [0.15, 0.2) is 0 Å². The molecule has 0 aromatic heterocycles. The van der Waals surface area contributed by atoms with E-state index in [1.807, 2.05) is 0 Å². The molecule has 2 aromatic carbocycles. The molecule has 0 aliphatic rings. The molecule has 0 amide bonds. The zero-order valence-electron chi connectivity index (χ0n) is 9.88. The predicted octanol–water partition coefficient (Wildman–Crippen LogP) is 2.75. The van der Waals surface area contributed by atoms with E-state index in [1.165, 1.54) is 6.07 Å². The molecule has 0 unspecified atom stereocenters. The van der Waals surface area contributed by atoms with Crippen molar-refractivity contribution in [1.29, 1.82) is 0 Å². The summed E-state index contributed by atoms with van der Waals surface area (Å²) in [6, 6.07) is 13.5. The van der Waals surface area contributed by atoms with Crippen LogP contribution in [-0.2, 0) is 0 Å². The second-order valence-corrected chi connectivity index (χ2v) is 4.27. The number of benzene rings is 2. The molecule has 0 saturated carbocycles. The highest BCUT2D eigenvalue weighted by Crippen LogP contribution is 2.17. The first kappa shape index (κ1) is 13.1. The van der Waals surface area contributed by atoms with Crippen molar-refractivity contribution in [3.63, 3.8) is 0 Å². The number of carboxylic acids is 1. The zero-order chi connectivity index (χ0) is 13.8. The van der Waals surface area contributed by atoms with Gasteiger partial charge in [-0.05, 0) is 18.2 Å². The number of halogens is 1. The zero-order valence-corrected chi connectivity index (χ0v) is 10.6. The van der Waals surface area contributed by atoms with Gasteiger partial charge in [0, 0.05) is 16.1 Å². The predicted molar refractivity (Wildman–Crippen MR) is 74.7 cm³/mol. The maximum atomic E-state index is 11.2. The minimum Gasteiger partial charge on any atom is -0.478 e. The maximum absolute atomic E-state index is 11.2. The van der Waals surface area contributed by atoms with Crippen molar-refractivity contribution in [1.82, 2.24) is 0 Å². The molecule has 0 bridgehead atoms. The number of hydrazone groups is 1. The highest BCUT2D eigenvalue weighted by atomic mass is 35.5. The molecule has 0 atom stereocenters. The first-order valence-corrected chi connectivity index (χ1v) is 5.88. The van der Waals surface area contributed by atoms with Gasteiger partial charge in [0.2, 0.25) is 0 Å². The average molecular weight is 275 g/mol. The summed E-state index contributed by atoms with van der Waals surface area (Å²) >= 11 is 5.82. The van der Waals surface area contributed by atoms with E-state index in [0.717, 1.165) is 0 Å². The topological polar surface area (TPSA) is 75.7 Å². The molecule has 0 radical (unpaired) electrons. The lowest BCUT2D eigenvalue weighted by atomic mass is 9.97. The van der Waals surface area contributed by atoms with Crippen molar-refractivity contribution in [3.05, 3.63) is 70.2 Å². The molecule has 0 aliphatic carbocycles. The SMILES string of the molecule is NN=C(c1ccc(Cl)cc1)c1ccccc1C(=O)O. The summed E-state index contributed by atoms with van der Waals surface area (Å²) in [5.74, 6) is 4.38. The molecule has 0 heterocycles. The minimum absolute atomic E-state index is 0.154. The van der Waals surface area contributed by atoms with Crippen molar-refractivity contribution >= 4 is 23.3 Å². The van der Waals surface area contributed by atoms with E-state index in [-0.39, 0.29) is 5.56 Å². The minimum atomic E-state index is -1.02. The standard InChI is InChI=1S/C14H11ClN2O2/c15-10-7-5-9(6-8-10)13(17-16)11-3-1-2-4-12(11)14(18)19/h1-8H,16H2,(H,18,19). The molecule has 96 valence electrons. The van der Waals surface area contributed by atoms with Gasteiger partial charge in [-0.2, -0.15) is 5.10 Å². The van der Waals surface area contributed by atoms with E-state index in [0.29, 0.717) is 21.9 Å². The third kappa shape index (κ3) is 2.74. The Kier molecular flexibility index (Phi) is 3.82. The Morgan fingerprint density at radius 3 is 2.16 bits per heavy atom.